The van der Waals surface area contributed by atoms with Crippen molar-refractivity contribution >= 4 is 57.6 Å². The average molecular weight is 889 g/mol. The van der Waals surface area contributed by atoms with E-state index < -0.39 is 6.03 Å². The number of piperazine rings is 1. The zero-order valence-electron chi connectivity index (χ0n) is 36.8. The lowest BCUT2D eigenvalue weighted by atomic mass is 9.98. The van der Waals surface area contributed by atoms with Crippen LogP contribution in [-0.2, 0) is 27.3 Å². The number of carbonyl (C=O) groups is 3. The molecule has 7 rings (SSSR count). The number of nitrogens with two attached hydrogens (primary N) is 1. The zero-order valence-corrected chi connectivity index (χ0v) is 36.8. The molecule has 8 N–H and O–H groups in total. The molecule has 0 aliphatic carbocycles. The Balaban J connectivity index is 0.875. The number of nitrogens with zero attached hydrogens (tertiary/aromatic N) is 6. The molecule has 0 saturated carbocycles. The quantitative estimate of drug-likeness (QED) is 0.0391. The second-order valence-electron chi connectivity index (χ2n) is 16.2. The first kappa shape index (κ1) is 45.7. The Hall–Kier alpha value is -7.34. The van der Waals surface area contributed by atoms with Gasteiger partial charge in [-0.3, -0.25) is 15.0 Å². The summed E-state index contributed by atoms with van der Waals surface area (Å²) in [4.78, 5) is 54.4. The number of phenols is 3. The second-order valence-corrected chi connectivity index (χ2v) is 16.2. The van der Waals surface area contributed by atoms with E-state index in [0.717, 1.165) is 44.5 Å². The highest BCUT2D eigenvalue weighted by Crippen LogP contribution is 2.37. The van der Waals surface area contributed by atoms with Crippen LogP contribution in [0.4, 0.5) is 27.9 Å². The number of benzene rings is 4. The molecule has 3 heterocycles. The topological polar surface area (TPSA) is 243 Å². The van der Waals surface area contributed by atoms with Crippen LogP contribution in [0.2, 0.25) is 0 Å². The molecule has 0 unspecified atom stereocenters. The molecule has 18 nitrogen and oxygen atoms in total. The monoisotopic (exact) mass is 888 g/mol. The summed E-state index contributed by atoms with van der Waals surface area (Å²) < 4.78 is 11.4. The lowest BCUT2D eigenvalue weighted by Gasteiger charge is -2.38. The number of nitrogens with one attached hydrogen (secondary N) is 3. The van der Waals surface area contributed by atoms with Gasteiger partial charge in [0.1, 0.15) is 41.3 Å². The van der Waals surface area contributed by atoms with Crippen LogP contribution in [0.3, 0.4) is 0 Å². The van der Waals surface area contributed by atoms with Crippen molar-refractivity contribution in [3.8, 4) is 23.0 Å². The van der Waals surface area contributed by atoms with Gasteiger partial charge in [-0.15, -0.1) is 0 Å². The second kappa shape index (κ2) is 20.4. The molecule has 0 spiro atoms. The third-order valence-corrected chi connectivity index (χ3v) is 11.5. The molecule has 1 fully saturated rings. The molecule has 342 valence electrons. The Labute approximate surface area is 377 Å². The van der Waals surface area contributed by atoms with E-state index in [4.69, 9.17) is 30.6 Å². The van der Waals surface area contributed by atoms with Gasteiger partial charge in [-0.25, -0.2) is 14.7 Å². The number of fused-ring (bicyclic) bond motifs is 2. The van der Waals surface area contributed by atoms with E-state index in [0.29, 0.717) is 76.0 Å². The molecule has 0 bridgehead atoms. The average Bonchev–Trinajstić information content (AvgIpc) is 3.28. The molecule has 5 aromatic rings. The molecule has 4 amide bonds. The molecule has 18 heteroatoms. The van der Waals surface area contributed by atoms with Gasteiger partial charge in [0.15, 0.2) is 0 Å². The molecule has 2 aliphatic rings. The van der Waals surface area contributed by atoms with Crippen molar-refractivity contribution in [2.75, 3.05) is 85.7 Å². The number of aromatic nitrogens is 2. The number of carbonyl (C=O) groups excluding carboxylic acids is 3. The smallest absolute Gasteiger partial charge is 0.325 e. The number of primary amides is 1. The lowest BCUT2D eigenvalue weighted by molar-refractivity contribution is -0.129. The predicted octanol–water partition coefficient (Wildman–Crippen LogP) is 5.03. The highest BCUT2D eigenvalue weighted by molar-refractivity contribution is 6.22. The van der Waals surface area contributed by atoms with Crippen molar-refractivity contribution < 1.29 is 39.2 Å². The predicted molar refractivity (Wildman–Crippen MR) is 248 cm³/mol. The highest BCUT2D eigenvalue weighted by atomic mass is 16.5. The van der Waals surface area contributed by atoms with Crippen LogP contribution in [-0.4, -0.2) is 120 Å². The number of phenolic OH excluding ortho intramolecular Hbond substituents is 3. The number of anilines is 4. The van der Waals surface area contributed by atoms with E-state index in [2.05, 4.69) is 26.5 Å². The van der Waals surface area contributed by atoms with Gasteiger partial charge in [-0.1, -0.05) is 38.1 Å². The number of amidine groups is 1. The molecule has 0 atom stereocenters. The minimum Gasteiger partial charge on any atom is -0.508 e. The molecule has 2 aliphatic heterocycles. The van der Waals surface area contributed by atoms with Crippen LogP contribution in [0.5, 0.6) is 23.0 Å². The van der Waals surface area contributed by atoms with Gasteiger partial charge in [0, 0.05) is 87.9 Å². The third kappa shape index (κ3) is 10.9. The van der Waals surface area contributed by atoms with Crippen LogP contribution in [0, 0.1) is 5.41 Å². The van der Waals surface area contributed by atoms with Gasteiger partial charge in [0.2, 0.25) is 17.8 Å². The highest BCUT2D eigenvalue weighted by Gasteiger charge is 2.29. The molecule has 1 aromatic heterocycles. The maximum absolute atomic E-state index is 12.8. The van der Waals surface area contributed by atoms with Crippen molar-refractivity contribution in [3.05, 3.63) is 95.2 Å². The largest absolute Gasteiger partial charge is 0.508 e. The van der Waals surface area contributed by atoms with E-state index >= 15 is 0 Å². The Kier molecular flexibility index (Phi) is 14.4. The summed E-state index contributed by atoms with van der Waals surface area (Å²) in [6.07, 6.45) is 0.877. The zero-order chi connectivity index (χ0) is 46.2. The Morgan fingerprint density at radius 3 is 2.35 bits per heavy atom. The summed E-state index contributed by atoms with van der Waals surface area (Å²) in [6, 6.07) is 19.6. The van der Waals surface area contributed by atoms with Gasteiger partial charge in [-0.05, 0) is 59.7 Å². The molecule has 65 heavy (non-hydrogen) atoms. The minimum absolute atomic E-state index is 0.0391. The number of hydrogen-bond donors (Lipinski definition) is 7. The number of urea groups is 1. The summed E-state index contributed by atoms with van der Waals surface area (Å²) in [6.45, 7) is 10.3. The standard InChI is InChI=1S/C47H56N10O8/c1-29(2)37-26-38(42(61)27-41(37)60)44(48)57(46(49)63)32-8-10-34(11-9-32)65-23-22-64-21-15-50-43(62)12-14-51-47-52-39-28-56(40-25-33(59)24-31-6-4-5-7-35(31)40)16-13-36(39)45(53-47)55-19-17-54(18-20-55)30(3)58/h4-11,24-27,29,48,59-61H,12-23,28H2,1-3H3,(H2,49,63)(H,50,62)(H,51,52,53). The summed E-state index contributed by atoms with van der Waals surface area (Å²) in [7, 11) is 0. The number of ether oxygens (including phenoxy) is 2. The maximum Gasteiger partial charge on any atom is 0.325 e. The molecule has 4 aromatic carbocycles. The number of amides is 4. The van der Waals surface area contributed by atoms with E-state index in [-0.39, 0.29) is 78.3 Å². The van der Waals surface area contributed by atoms with E-state index in [9.17, 15) is 29.7 Å². The fourth-order valence-corrected chi connectivity index (χ4v) is 8.11. The summed E-state index contributed by atoms with van der Waals surface area (Å²) in [5, 5.41) is 48.0. The van der Waals surface area contributed by atoms with Crippen molar-refractivity contribution in [3.63, 3.8) is 0 Å². The third-order valence-electron chi connectivity index (χ3n) is 11.5. The number of rotatable bonds is 16. The minimum atomic E-state index is -0.928. The van der Waals surface area contributed by atoms with E-state index in [1.54, 1.807) is 43.3 Å². The molecule has 0 radical (unpaired) electrons. The van der Waals surface area contributed by atoms with Crippen LogP contribution in [0.15, 0.2) is 72.8 Å². The van der Waals surface area contributed by atoms with Gasteiger partial charge in [-0.2, -0.15) is 4.98 Å². The molecular formula is C47H56N10O8. The van der Waals surface area contributed by atoms with Gasteiger partial charge < -0.3 is 55.9 Å². The van der Waals surface area contributed by atoms with Crippen molar-refractivity contribution in [2.45, 2.75) is 46.1 Å². The fourth-order valence-electron chi connectivity index (χ4n) is 8.11. The Morgan fingerprint density at radius 2 is 1.63 bits per heavy atom. The fraction of sp³-hybridized carbons (Fsp3) is 0.362. The van der Waals surface area contributed by atoms with Crippen LogP contribution in [0.1, 0.15) is 55.5 Å². The molecule has 1 saturated heterocycles. The Morgan fingerprint density at radius 1 is 0.877 bits per heavy atom. The van der Waals surface area contributed by atoms with Gasteiger partial charge >= 0.3 is 6.03 Å². The Bertz CT molecular complexity index is 2550. The summed E-state index contributed by atoms with van der Waals surface area (Å²) >= 11 is 0. The van der Waals surface area contributed by atoms with Gasteiger partial charge in [0.25, 0.3) is 0 Å². The normalized spacial score (nSPS) is 13.7. The summed E-state index contributed by atoms with van der Waals surface area (Å²) in [5.41, 5.74) is 9.33. The SMILES string of the molecule is CC(=O)N1CCN(c2nc(NCCC(=O)NCCOCCOc3ccc(N(C(=N)c4cc(C(C)C)c(O)cc4O)C(N)=O)cc3)nc3c2CCN(c2cc(O)cc4ccccc24)C3)CC1. The van der Waals surface area contributed by atoms with Crippen molar-refractivity contribution in [2.24, 2.45) is 5.73 Å². The van der Waals surface area contributed by atoms with Crippen molar-refractivity contribution in [1.29, 1.82) is 5.41 Å². The van der Waals surface area contributed by atoms with E-state index in [1.807, 2.05) is 36.9 Å². The van der Waals surface area contributed by atoms with Gasteiger partial charge in [0.05, 0.1) is 36.7 Å². The number of hydrogen-bond acceptors (Lipinski definition) is 14. The maximum atomic E-state index is 12.8. The van der Waals surface area contributed by atoms with Crippen LogP contribution in [0.25, 0.3) is 10.8 Å². The molecular weight excluding hydrogens is 833 g/mol. The van der Waals surface area contributed by atoms with Crippen molar-refractivity contribution in [1.82, 2.24) is 20.2 Å². The number of aromatic hydroxyl groups is 3. The summed E-state index contributed by atoms with van der Waals surface area (Å²) in [5.74, 6) is 0.893. The lowest BCUT2D eigenvalue weighted by Crippen LogP contribution is -2.49. The van der Waals surface area contributed by atoms with Crippen LogP contribution < -0.4 is 35.8 Å². The first-order valence-corrected chi connectivity index (χ1v) is 21.7. The van der Waals surface area contributed by atoms with Crippen LogP contribution >= 0.6 is 0 Å². The first-order chi connectivity index (χ1) is 31.3. The van der Waals surface area contributed by atoms with E-state index in [1.165, 1.54) is 6.07 Å². The first-order valence-electron chi connectivity index (χ1n) is 21.7.